The number of aryl methyl sites for hydroxylation is 1. The molecule has 5 nitrogen and oxygen atoms in total. The lowest BCUT2D eigenvalue weighted by Crippen LogP contribution is -2.17. The smallest absolute Gasteiger partial charge is 0.271 e. The van der Waals surface area contributed by atoms with Crippen molar-refractivity contribution in [2.75, 3.05) is 14.2 Å². The number of benzene rings is 2. The van der Waals surface area contributed by atoms with E-state index in [2.05, 4.69) is 10.5 Å². The molecular formula is C17H18N2O3. The fraction of sp³-hybridized carbons (Fsp3) is 0.176. The molecule has 0 aliphatic carbocycles. The van der Waals surface area contributed by atoms with Gasteiger partial charge in [-0.2, -0.15) is 5.10 Å². The van der Waals surface area contributed by atoms with E-state index in [0.717, 1.165) is 11.1 Å². The van der Waals surface area contributed by atoms with Crippen LogP contribution in [0, 0.1) is 6.92 Å². The molecule has 22 heavy (non-hydrogen) atoms. The molecule has 114 valence electrons. The highest BCUT2D eigenvalue weighted by molar-refractivity contribution is 5.95. The highest BCUT2D eigenvalue weighted by Crippen LogP contribution is 2.27. The summed E-state index contributed by atoms with van der Waals surface area (Å²) in [7, 11) is 3.07. The summed E-state index contributed by atoms with van der Waals surface area (Å²) in [6.45, 7) is 1.98. The summed E-state index contributed by atoms with van der Waals surface area (Å²) < 4.78 is 10.3. The molecule has 2 aromatic rings. The fourth-order valence-corrected chi connectivity index (χ4v) is 1.93. The zero-order valence-electron chi connectivity index (χ0n) is 12.8. The minimum absolute atomic E-state index is 0.314. The van der Waals surface area contributed by atoms with Gasteiger partial charge in [0.2, 0.25) is 0 Å². The van der Waals surface area contributed by atoms with Crippen molar-refractivity contribution in [3.05, 3.63) is 59.2 Å². The molecule has 0 spiro atoms. The van der Waals surface area contributed by atoms with Crippen molar-refractivity contribution in [1.29, 1.82) is 0 Å². The Kier molecular flexibility index (Phi) is 5.14. The highest BCUT2D eigenvalue weighted by atomic mass is 16.5. The number of carbonyl (C=O) groups is 1. The third-order valence-electron chi connectivity index (χ3n) is 3.20. The van der Waals surface area contributed by atoms with Crippen molar-refractivity contribution in [1.82, 2.24) is 5.43 Å². The second-order valence-electron chi connectivity index (χ2n) is 4.63. The van der Waals surface area contributed by atoms with Crippen molar-refractivity contribution >= 4 is 12.1 Å². The van der Waals surface area contributed by atoms with Crippen LogP contribution in [0.1, 0.15) is 21.5 Å². The molecule has 0 aliphatic heterocycles. The van der Waals surface area contributed by atoms with Crippen LogP contribution in [0.3, 0.4) is 0 Å². The standard InChI is InChI=1S/C17H18N2O3/c1-12-6-4-5-7-14(12)11-18-19-17(20)13-8-9-15(21-2)16(10-13)22-3/h4-11H,1-3H3,(H,19,20). The van der Waals surface area contributed by atoms with E-state index in [1.165, 1.54) is 7.11 Å². The molecule has 0 radical (unpaired) electrons. The Morgan fingerprint density at radius 1 is 1.09 bits per heavy atom. The van der Waals surface area contributed by atoms with Crippen molar-refractivity contribution in [2.24, 2.45) is 5.10 Å². The Labute approximate surface area is 129 Å². The van der Waals surface area contributed by atoms with E-state index in [0.29, 0.717) is 17.1 Å². The molecule has 2 aromatic carbocycles. The molecule has 0 aliphatic rings. The van der Waals surface area contributed by atoms with Crippen molar-refractivity contribution < 1.29 is 14.3 Å². The van der Waals surface area contributed by atoms with Gasteiger partial charge in [0.25, 0.3) is 5.91 Å². The maximum absolute atomic E-state index is 12.1. The topological polar surface area (TPSA) is 59.9 Å². The molecule has 0 saturated heterocycles. The number of hydrogen-bond donors (Lipinski definition) is 1. The maximum Gasteiger partial charge on any atom is 0.271 e. The van der Waals surface area contributed by atoms with Crippen LogP contribution in [-0.2, 0) is 0 Å². The van der Waals surface area contributed by atoms with Crippen LogP contribution in [0.15, 0.2) is 47.6 Å². The lowest BCUT2D eigenvalue weighted by Gasteiger charge is -2.08. The van der Waals surface area contributed by atoms with Gasteiger partial charge in [-0.05, 0) is 36.2 Å². The fourth-order valence-electron chi connectivity index (χ4n) is 1.93. The van der Waals surface area contributed by atoms with Crippen LogP contribution in [0.4, 0.5) is 0 Å². The van der Waals surface area contributed by atoms with Crippen LogP contribution < -0.4 is 14.9 Å². The van der Waals surface area contributed by atoms with Crippen LogP contribution in [0.25, 0.3) is 0 Å². The predicted octanol–water partition coefficient (Wildman–Crippen LogP) is 2.78. The molecule has 0 saturated carbocycles. The Morgan fingerprint density at radius 3 is 2.50 bits per heavy atom. The van der Waals surface area contributed by atoms with Gasteiger partial charge >= 0.3 is 0 Å². The number of methoxy groups -OCH3 is 2. The number of nitrogens with zero attached hydrogens (tertiary/aromatic N) is 1. The minimum atomic E-state index is -0.314. The molecular weight excluding hydrogens is 280 g/mol. The first-order valence-electron chi connectivity index (χ1n) is 6.76. The van der Waals surface area contributed by atoms with Gasteiger partial charge in [-0.25, -0.2) is 5.43 Å². The average molecular weight is 298 g/mol. The van der Waals surface area contributed by atoms with Gasteiger partial charge in [-0.15, -0.1) is 0 Å². The Hall–Kier alpha value is -2.82. The summed E-state index contributed by atoms with van der Waals surface area (Å²) in [5.41, 5.74) is 4.98. The van der Waals surface area contributed by atoms with Gasteiger partial charge in [0.1, 0.15) is 0 Å². The lowest BCUT2D eigenvalue weighted by atomic mass is 10.1. The van der Waals surface area contributed by atoms with E-state index < -0.39 is 0 Å². The number of ether oxygens (including phenoxy) is 2. The third kappa shape index (κ3) is 3.63. The van der Waals surface area contributed by atoms with E-state index in [1.807, 2.05) is 31.2 Å². The van der Waals surface area contributed by atoms with E-state index in [9.17, 15) is 4.79 Å². The number of nitrogens with one attached hydrogen (secondary N) is 1. The number of rotatable bonds is 5. The minimum Gasteiger partial charge on any atom is -0.493 e. The monoisotopic (exact) mass is 298 g/mol. The second kappa shape index (κ2) is 7.26. The van der Waals surface area contributed by atoms with Gasteiger partial charge < -0.3 is 9.47 Å². The lowest BCUT2D eigenvalue weighted by molar-refractivity contribution is 0.0954. The van der Waals surface area contributed by atoms with Crippen LogP contribution in [0.2, 0.25) is 0 Å². The van der Waals surface area contributed by atoms with Crippen LogP contribution in [0.5, 0.6) is 11.5 Å². The largest absolute Gasteiger partial charge is 0.493 e. The van der Waals surface area contributed by atoms with E-state index in [-0.39, 0.29) is 5.91 Å². The summed E-state index contributed by atoms with van der Waals surface area (Å²) >= 11 is 0. The molecule has 1 N–H and O–H groups in total. The molecule has 0 heterocycles. The van der Waals surface area contributed by atoms with Gasteiger partial charge in [-0.3, -0.25) is 4.79 Å². The Morgan fingerprint density at radius 2 is 1.82 bits per heavy atom. The van der Waals surface area contributed by atoms with Crippen LogP contribution >= 0.6 is 0 Å². The summed E-state index contributed by atoms with van der Waals surface area (Å²) in [4.78, 5) is 12.1. The Bertz CT molecular complexity index is 696. The second-order valence-corrected chi connectivity index (χ2v) is 4.63. The zero-order valence-corrected chi connectivity index (χ0v) is 12.8. The van der Waals surface area contributed by atoms with E-state index in [1.54, 1.807) is 31.5 Å². The molecule has 2 rings (SSSR count). The van der Waals surface area contributed by atoms with Gasteiger partial charge in [0.15, 0.2) is 11.5 Å². The molecule has 0 unspecified atom stereocenters. The molecule has 5 heteroatoms. The summed E-state index contributed by atoms with van der Waals surface area (Å²) in [5, 5.41) is 3.98. The van der Waals surface area contributed by atoms with E-state index >= 15 is 0 Å². The van der Waals surface area contributed by atoms with E-state index in [4.69, 9.17) is 9.47 Å². The number of amides is 1. The molecule has 0 fully saturated rings. The number of carbonyl (C=O) groups excluding carboxylic acids is 1. The summed E-state index contributed by atoms with van der Waals surface area (Å²) in [6.07, 6.45) is 1.62. The summed E-state index contributed by atoms with van der Waals surface area (Å²) in [6, 6.07) is 12.7. The normalized spacial score (nSPS) is 10.5. The van der Waals surface area contributed by atoms with Crippen molar-refractivity contribution in [3.8, 4) is 11.5 Å². The first kappa shape index (κ1) is 15.6. The molecule has 1 amide bonds. The predicted molar refractivity (Wildman–Crippen MR) is 85.8 cm³/mol. The number of hydrogen-bond acceptors (Lipinski definition) is 4. The molecule has 0 aromatic heterocycles. The maximum atomic E-state index is 12.1. The SMILES string of the molecule is COc1ccc(C(=O)NN=Cc2ccccc2C)cc1OC. The van der Waals surface area contributed by atoms with Crippen molar-refractivity contribution in [3.63, 3.8) is 0 Å². The number of hydrazone groups is 1. The first-order valence-corrected chi connectivity index (χ1v) is 6.76. The first-order chi connectivity index (χ1) is 10.7. The zero-order chi connectivity index (χ0) is 15.9. The third-order valence-corrected chi connectivity index (χ3v) is 3.20. The van der Waals surface area contributed by atoms with Gasteiger partial charge in [0, 0.05) is 5.56 Å². The summed E-state index contributed by atoms with van der Waals surface area (Å²) in [5.74, 6) is 0.756. The molecule has 0 bridgehead atoms. The molecule has 0 atom stereocenters. The highest BCUT2D eigenvalue weighted by Gasteiger charge is 2.09. The average Bonchev–Trinajstić information content (AvgIpc) is 2.55. The Balaban J connectivity index is 2.08. The van der Waals surface area contributed by atoms with Crippen LogP contribution in [-0.4, -0.2) is 26.3 Å². The van der Waals surface area contributed by atoms with Crippen molar-refractivity contribution in [2.45, 2.75) is 6.92 Å². The van der Waals surface area contributed by atoms with Gasteiger partial charge in [-0.1, -0.05) is 24.3 Å². The quantitative estimate of drug-likeness (QED) is 0.682. The van der Waals surface area contributed by atoms with Gasteiger partial charge in [0.05, 0.1) is 20.4 Å².